The predicted octanol–water partition coefficient (Wildman–Crippen LogP) is 5.16. The summed E-state index contributed by atoms with van der Waals surface area (Å²) in [6.45, 7) is 0. The largest absolute Gasteiger partial charge is 0.433 e. The van der Waals surface area contributed by atoms with Gasteiger partial charge in [0, 0.05) is 15.2 Å². The van der Waals surface area contributed by atoms with Crippen LogP contribution in [-0.2, 0) is 19.0 Å². The minimum atomic E-state index is -4.52. The second-order valence-electron chi connectivity index (χ2n) is 6.69. The van der Waals surface area contributed by atoms with E-state index < -0.39 is 11.9 Å². The number of rotatable bonds is 1. The van der Waals surface area contributed by atoms with Crippen molar-refractivity contribution in [3.8, 4) is 11.3 Å². The number of halogens is 4. The molecule has 0 atom stereocenters. The van der Waals surface area contributed by atoms with Crippen LogP contribution in [0.1, 0.15) is 29.7 Å². The number of pyridine rings is 1. The number of hydrogen-bond donors (Lipinski definition) is 2. The number of alkyl halides is 3. The molecule has 0 amide bonds. The van der Waals surface area contributed by atoms with Gasteiger partial charge in [-0.05, 0) is 58.8 Å². The number of nitrogens with zero attached hydrogens (tertiary/aromatic N) is 3. The van der Waals surface area contributed by atoms with Crippen LogP contribution in [0.5, 0.6) is 0 Å². The average Bonchev–Trinajstić information content (AvgIpc) is 3.29. The fraction of sp³-hybridized carbons (Fsp3) is 0.278. The number of hydrogen-bond acceptors (Lipinski definition) is 3. The number of fused-ring (bicyclic) bond motifs is 5. The van der Waals surface area contributed by atoms with Gasteiger partial charge in [-0.3, -0.25) is 10.2 Å². The third-order valence-corrected chi connectivity index (χ3v) is 5.73. The minimum absolute atomic E-state index is 0.00161. The molecule has 0 saturated carbocycles. The molecule has 0 saturated heterocycles. The maximum atomic E-state index is 13.4. The maximum Gasteiger partial charge on any atom is 0.433 e. The Hall–Kier alpha value is -2.42. The van der Waals surface area contributed by atoms with Crippen molar-refractivity contribution in [1.82, 2.24) is 25.4 Å². The van der Waals surface area contributed by atoms with Crippen LogP contribution in [0, 0.1) is 0 Å². The van der Waals surface area contributed by atoms with E-state index >= 15 is 0 Å². The first-order valence-corrected chi connectivity index (χ1v) is 9.32. The fourth-order valence-electron chi connectivity index (χ4n) is 3.99. The number of aromatic nitrogens is 5. The normalized spacial score (nSPS) is 14.8. The molecule has 5 rings (SSSR count). The van der Waals surface area contributed by atoms with Crippen LogP contribution in [0.4, 0.5) is 13.2 Å². The lowest BCUT2D eigenvalue weighted by atomic mass is 9.85. The summed E-state index contributed by atoms with van der Waals surface area (Å²) in [5, 5.41) is 14.7. The Balaban J connectivity index is 1.91. The summed E-state index contributed by atoms with van der Waals surface area (Å²) in [4.78, 5) is 4.69. The van der Waals surface area contributed by atoms with E-state index in [1.165, 1.54) is 6.20 Å². The molecule has 3 aromatic heterocycles. The van der Waals surface area contributed by atoms with E-state index in [-0.39, 0.29) is 5.56 Å². The fourth-order valence-corrected chi connectivity index (χ4v) is 4.50. The van der Waals surface area contributed by atoms with Gasteiger partial charge in [0.05, 0.1) is 34.7 Å². The molecular weight excluding hydrogens is 423 g/mol. The molecule has 0 fully saturated rings. The lowest BCUT2D eigenvalue weighted by molar-refractivity contribution is -0.140. The third kappa shape index (κ3) is 2.48. The molecule has 1 aliphatic rings. The molecule has 9 heteroatoms. The summed E-state index contributed by atoms with van der Waals surface area (Å²) in [6, 6.07) is 1.86. The van der Waals surface area contributed by atoms with Gasteiger partial charge in [-0.1, -0.05) is 0 Å². The van der Waals surface area contributed by atoms with Crippen LogP contribution >= 0.6 is 15.9 Å². The minimum Gasteiger partial charge on any atom is -0.278 e. The summed E-state index contributed by atoms with van der Waals surface area (Å²) in [5.41, 5.74) is 2.96. The van der Waals surface area contributed by atoms with Gasteiger partial charge in [-0.25, -0.2) is 4.98 Å². The highest BCUT2D eigenvalue weighted by atomic mass is 79.9. The lowest BCUT2D eigenvalue weighted by Gasteiger charge is -2.22. The number of aryl methyl sites for hydroxylation is 1. The van der Waals surface area contributed by atoms with Crippen LogP contribution < -0.4 is 0 Å². The van der Waals surface area contributed by atoms with E-state index in [0.29, 0.717) is 17.6 Å². The standard InChI is InChI=1S/C18H13BrF3N5/c19-12-5-13-10(6-23-26-13)14-8-3-1-2-4-9(8)15(25-16(12)14)11-7-24-27-17(11)18(20,21)22/h5-7H,1-4H2,(H,23,26)(H,24,27). The molecular formula is C18H13BrF3N5. The van der Waals surface area contributed by atoms with Crippen LogP contribution in [0.3, 0.4) is 0 Å². The zero-order valence-electron chi connectivity index (χ0n) is 13.9. The third-order valence-electron chi connectivity index (χ3n) is 5.13. The molecule has 138 valence electrons. The zero-order chi connectivity index (χ0) is 18.8. The molecule has 3 heterocycles. The Kier molecular flexibility index (Phi) is 3.59. The second kappa shape index (κ2) is 5.79. The summed E-state index contributed by atoms with van der Waals surface area (Å²) >= 11 is 3.53. The molecule has 1 aromatic carbocycles. The van der Waals surface area contributed by atoms with Crippen molar-refractivity contribution in [3.05, 3.63) is 39.8 Å². The molecule has 0 spiro atoms. The first kappa shape index (κ1) is 16.7. The molecule has 0 aliphatic heterocycles. The first-order chi connectivity index (χ1) is 12.9. The summed E-state index contributed by atoms with van der Waals surface area (Å²) in [5.74, 6) is 0. The van der Waals surface area contributed by atoms with Gasteiger partial charge >= 0.3 is 6.18 Å². The topological polar surface area (TPSA) is 70.2 Å². The predicted molar refractivity (Wildman–Crippen MR) is 98.3 cm³/mol. The number of H-pyrrole nitrogens is 2. The van der Waals surface area contributed by atoms with Crippen LogP contribution in [0.15, 0.2) is 22.9 Å². The van der Waals surface area contributed by atoms with Crippen LogP contribution in [0.2, 0.25) is 0 Å². The van der Waals surface area contributed by atoms with Crippen molar-refractivity contribution in [2.24, 2.45) is 0 Å². The molecule has 27 heavy (non-hydrogen) atoms. The van der Waals surface area contributed by atoms with Crippen molar-refractivity contribution in [2.45, 2.75) is 31.9 Å². The average molecular weight is 436 g/mol. The number of nitrogens with one attached hydrogen (secondary N) is 2. The van der Waals surface area contributed by atoms with Crippen molar-refractivity contribution >= 4 is 37.7 Å². The Morgan fingerprint density at radius 2 is 1.74 bits per heavy atom. The van der Waals surface area contributed by atoms with Crippen LogP contribution in [-0.4, -0.2) is 25.4 Å². The Morgan fingerprint density at radius 1 is 1.00 bits per heavy atom. The Morgan fingerprint density at radius 3 is 2.52 bits per heavy atom. The SMILES string of the molecule is FC(F)(F)c1[nH]ncc1-c1nc2c(Br)cc3[nH]ncc3c2c2c1CCCC2. The molecule has 0 bridgehead atoms. The van der Waals surface area contributed by atoms with Gasteiger partial charge in [-0.2, -0.15) is 23.4 Å². The quantitative estimate of drug-likeness (QED) is 0.433. The van der Waals surface area contributed by atoms with Crippen LogP contribution in [0.25, 0.3) is 33.1 Å². The van der Waals surface area contributed by atoms with E-state index in [1.807, 2.05) is 6.07 Å². The second-order valence-corrected chi connectivity index (χ2v) is 7.55. The monoisotopic (exact) mass is 435 g/mol. The van der Waals surface area contributed by atoms with E-state index in [2.05, 4.69) is 41.3 Å². The van der Waals surface area contributed by atoms with Crippen molar-refractivity contribution < 1.29 is 13.2 Å². The van der Waals surface area contributed by atoms with Gasteiger partial charge in [0.25, 0.3) is 0 Å². The van der Waals surface area contributed by atoms with Gasteiger partial charge in [-0.15, -0.1) is 0 Å². The number of aromatic amines is 2. The molecule has 5 nitrogen and oxygen atoms in total. The van der Waals surface area contributed by atoms with Crippen molar-refractivity contribution in [1.29, 1.82) is 0 Å². The van der Waals surface area contributed by atoms with E-state index in [1.54, 1.807) is 6.20 Å². The first-order valence-electron chi connectivity index (χ1n) is 8.53. The molecule has 0 radical (unpaired) electrons. The van der Waals surface area contributed by atoms with E-state index in [4.69, 9.17) is 0 Å². The molecule has 1 aliphatic carbocycles. The van der Waals surface area contributed by atoms with Crippen molar-refractivity contribution in [2.75, 3.05) is 0 Å². The Bertz CT molecular complexity index is 1190. The summed E-state index contributed by atoms with van der Waals surface area (Å²) in [6.07, 6.45) is 1.87. The van der Waals surface area contributed by atoms with Gasteiger partial charge in [0.2, 0.25) is 0 Å². The molecule has 0 unspecified atom stereocenters. The summed E-state index contributed by atoms with van der Waals surface area (Å²) < 4.78 is 41.0. The lowest BCUT2D eigenvalue weighted by Crippen LogP contribution is -2.11. The Labute approximate surface area is 159 Å². The van der Waals surface area contributed by atoms with E-state index in [0.717, 1.165) is 51.2 Å². The van der Waals surface area contributed by atoms with Crippen molar-refractivity contribution in [3.63, 3.8) is 0 Å². The zero-order valence-corrected chi connectivity index (χ0v) is 15.5. The van der Waals surface area contributed by atoms with Gasteiger partial charge in [0.1, 0.15) is 5.69 Å². The number of benzene rings is 1. The highest BCUT2D eigenvalue weighted by Gasteiger charge is 2.37. The van der Waals surface area contributed by atoms with Gasteiger partial charge in [0.15, 0.2) is 0 Å². The highest BCUT2D eigenvalue weighted by molar-refractivity contribution is 9.10. The smallest absolute Gasteiger partial charge is 0.278 e. The molecule has 4 aromatic rings. The van der Waals surface area contributed by atoms with E-state index in [9.17, 15) is 13.2 Å². The molecule has 2 N–H and O–H groups in total. The summed E-state index contributed by atoms with van der Waals surface area (Å²) in [7, 11) is 0. The van der Waals surface area contributed by atoms with Gasteiger partial charge < -0.3 is 0 Å². The maximum absolute atomic E-state index is 13.4. The highest BCUT2D eigenvalue weighted by Crippen LogP contribution is 2.42.